The second kappa shape index (κ2) is 8.91. The van der Waals surface area contributed by atoms with Crippen LogP contribution < -0.4 is 15.2 Å². The Labute approximate surface area is 199 Å². The van der Waals surface area contributed by atoms with Crippen molar-refractivity contribution in [3.05, 3.63) is 82.7 Å². The van der Waals surface area contributed by atoms with E-state index in [1.54, 1.807) is 44.8 Å². The topological polar surface area (TPSA) is 90.0 Å². The summed E-state index contributed by atoms with van der Waals surface area (Å²) in [5, 5.41) is 0. The van der Waals surface area contributed by atoms with Gasteiger partial charge in [0.15, 0.2) is 17.3 Å². The number of carbonyl (C=O) groups is 1. The maximum absolute atomic E-state index is 12.9. The molecule has 2 atom stereocenters. The number of likely N-dealkylation sites (tertiary alicyclic amines) is 1. The van der Waals surface area contributed by atoms with Crippen molar-refractivity contribution in [2.75, 3.05) is 40.1 Å². The summed E-state index contributed by atoms with van der Waals surface area (Å²) in [5.41, 5.74) is 11.9. The maximum atomic E-state index is 12.9. The van der Waals surface area contributed by atoms with Gasteiger partial charge >= 0.3 is 0 Å². The molecule has 2 aliphatic heterocycles. The highest BCUT2D eigenvalue weighted by molar-refractivity contribution is 6.18. The SMILES string of the molecule is COc1cc2c(cc1OC)C1CN(C)CCC1N=C2c1ccc(C(=O)c2cccnc2)cc1N. The van der Waals surface area contributed by atoms with Crippen molar-refractivity contribution in [1.82, 2.24) is 9.88 Å². The predicted molar refractivity (Wildman–Crippen MR) is 132 cm³/mol. The average Bonchev–Trinajstić information content (AvgIpc) is 2.87. The van der Waals surface area contributed by atoms with Gasteiger partial charge in [0, 0.05) is 52.8 Å². The summed E-state index contributed by atoms with van der Waals surface area (Å²) in [6.07, 6.45) is 4.18. The summed E-state index contributed by atoms with van der Waals surface area (Å²) in [6, 6.07) is 13.2. The standard InChI is InChI=1S/C27H28N4O3/c1-31-10-8-23-21(15-31)19-12-24(33-2)25(34-3)13-20(19)26(30-23)18-7-6-16(11-22(18)28)27(32)17-5-4-9-29-14-17/h4-7,9,11-14,21,23H,8,10,15,28H2,1-3H3. The summed E-state index contributed by atoms with van der Waals surface area (Å²) < 4.78 is 11.2. The number of likely N-dealkylation sites (N-methyl/N-ethyl adjacent to an activating group) is 1. The number of ether oxygens (including phenoxy) is 2. The summed E-state index contributed by atoms with van der Waals surface area (Å²) >= 11 is 0. The molecule has 0 aliphatic carbocycles. The van der Waals surface area contributed by atoms with Crippen LogP contribution >= 0.6 is 0 Å². The van der Waals surface area contributed by atoms with Crippen molar-refractivity contribution in [2.24, 2.45) is 4.99 Å². The minimum absolute atomic E-state index is 0.112. The number of piperidine rings is 1. The van der Waals surface area contributed by atoms with Crippen LogP contribution in [0, 0.1) is 0 Å². The zero-order chi connectivity index (χ0) is 23.8. The molecule has 3 heterocycles. The number of ketones is 1. The summed E-state index contributed by atoms with van der Waals surface area (Å²) in [5.74, 6) is 1.52. The third-order valence-electron chi connectivity index (χ3n) is 6.78. The number of aliphatic imine (C=N–C) groups is 1. The molecule has 7 nitrogen and oxygen atoms in total. The van der Waals surface area contributed by atoms with Crippen molar-refractivity contribution in [3.63, 3.8) is 0 Å². The fraction of sp³-hybridized carbons (Fsp3) is 0.296. The number of carbonyl (C=O) groups excluding carboxylic acids is 1. The smallest absolute Gasteiger partial charge is 0.194 e. The molecule has 0 bridgehead atoms. The minimum atomic E-state index is -0.112. The molecule has 1 saturated heterocycles. The molecule has 3 aromatic rings. The lowest BCUT2D eigenvalue weighted by atomic mass is 9.78. The number of aromatic nitrogens is 1. The lowest BCUT2D eigenvalue weighted by molar-refractivity contribution is 0.103. The van der Waals surface area contributed by atoms with Crippen LogP contribution in [0.1, 0.15) is 45.0 Å². The largest absolute Gasteiger partial charge is 0.493 e. The molecule has 0 spiro atoms. The van der Waals surface area contributed by atoms with Gasteiger partial charge < -0.3 is 20.1 Å². The van der Waals surface area contributed by atoms with Crippen LogP contribution in [0.25, 0.3) is 0 Å². The molecular weight excluding hydrogens is 428 g/mol. The number of fused-ring (bicyclic) bond motifs is 3. The number of nitrogens with zero attached hydrogens (tertiary/aromatic N) is 3. The highest BCUT2D eigenvalue weighted by Crippen LogP contribution is 2.42. The molecular formula is C27H28N4O3. The summed E-state index contributed by atoms with van der Waals surface area (Å²) in [4.78, 5) is 24.5. The van der Waals surface area contributed by atoms with Crippen LogP contribution in [0.5, 0.6) is 11.5 Å². The third kappa shape index (κ3) is 3.82. The molecule has 2 N–H and O–H groups in total. The first-order chi connectivity index (χ1) is 16.5. The highest BCUT2D eigenvalue weighted by atomic mass is 16.5. The number of methoxy groups -OCH3 is 2. The van der Waals surface area contributed by atoms with Gasteiger partial charge in [-0.3, -0.25) is 14.8 Å². The number of benzene rings is 2. The van der Waals surface area contributed by atoms with Crippen LogP contribution in [0.2, 0.25) is 0 Å². The van der Waals surface area contributed by atoms with Crippen LogP contribution in [0.3, 0.4) is 0 Å². The minimum Gasteiger partial charge on any atom is -0.493 e. The molecule has 0 radical (unpaired) electrons. The first kappa shape index (κ1) is 22.1. The van der Waals surface area contributed by atoms with Gasteiger partial charge in [0.2, 0.25) is 0 Å². The van der Waals surface area contributed by atoms with Gasteiger partial charge in [0.05, 0.1) is 26.0 Å². The molecule has 2 unspecified atom stereocenters. The highest BCUT2D eigenvalue weighted by Gasteiger charge is 2.36. The van der Waals surface area contributed by atoms with E-state index in [0.29, 0.717) is 28.3 Å². The quantitative estimate of drug-likeness (QED) is 0.467. The molecule has 2 aliphatic rings. The number of nitrogens with two attached hydrogens (primary N) is 1. The second-order valence-corrected chi connectivity index (χ2v) is 8.87. The normalized spacial score (nSPS) is 19.6. The van der Waals surface area contributed by atoms with E-state index in [1.165, 1.54) is 5.56 Å². The van der Waals surface area contributed by atoms with Crippen molar-refractivity contribution in [2.45, 2.75) is 18.4 Å². The van der Waals surface area contributed by atoms with Crippen molar-refractivity contribution < 1.29 is 14.3 Å². The van der Waals surface area contributed by atoms with Crippen LogP contribution in [0.4, 0.5) is 5.69 Å². The Morgan fingerprint density at radius 3 is 2.56 bits per heavy atom. The van der Waals surface area contributed by atoms with Gasteiger partial charge in [-0.05, 0) is 62.0 Å². The van der Waals surface area contributed by atoms with Crippen LogP contribution in [-0.2, 0) is 0 Å². The van der Waals surface area contributed by atoms with Crippen molar-refractivity contribution in [3.8, 4) is 11.5 Å². The van der Waals surface area contributed by atoms with Gasteiger partial charge in [-0.25, -0.2) is 0 Å². The van der Waals surface area contributed by atoms with Gasteiger partial charge in [0.25, 0.3) is 0 Å². The van der Waals surface area contributed by atoms with Gasteiger partial charge in [0.1, 0.15) is 0 Å². The van der Waals surface area contributed by atoms with E-state index in [1.807, 2.05) is 18.2 Å². The number of hydrogen-bond acceptors (Lipinski definition) is 7. The summed E-state index contributed by atoms with van der Waals surface area (Å²) in [7, 11) is 5.43. The fourth-order valence-corrected chi connectivity index (χ4v) is 5.00. The van der Waals surface area contributed by atoms with Gasteiger partial charge in [-0.1, -0.05) is 6.07 Å². The number of rotatable bonds is 5. The summed E-state index contributed by atoms with van der Waals surface area (Å²) in [6.45, 7) is 1.92. The van der Waals surface area contributed by atoms with Crippen LogP contribution in [-0.4, -0.2) is 61.8 Å². The van der Waals surface area contributed by atoms with E-state index in [4.69, 9.17) is 20.2 Å². The van der Waals surface area contributed by atoms with E-state index in [0.717, 1.165) is 36.3 Å². The van der Waals surface area contributed by atoms with E-state index < -0.39 is 0 Å². The molecule has 7 heteroatoms. The third-order valence-corrected chi connectivity index (χ3v) is 6.78. The Bertz CT molecular complexity index is 1270. The van der Waals surface area contributed by atoms with E-state index >= 15 is 0 Å². The van der Waals surface area contributed by atoms with E-state index in [2.05, 4.69) is 23.0 Å². The molecule has 0 saturated carbocycles. The fourth-order valence-electron chi connectivity index (χ4n) is 5.00. The maximum Gasteiger partial charge on any atom is 0.194 e. The predicted octanol–water partition coefficient (Wildman–Crippen LogP) is 3.55. The number of anilines is 1. The molecule has 2 aromatic carbocycles. The monoisotopic (exact) mass is 456 g/mol. The lowest BCUT2D eigenvalue weighted by Crippen LogP contribution is -2.42. The number of hydrogen-bond donors (Lipinski definition) is 1. The first-order valence-corrected chi connectivity index (χ1v) is 11.4. The van der Waals surface area contributed by atoms with Crippen LogP contribution in [0.15, 0.2) is 59.9 Å². The zero-order valence-electron chi connectivity index (χ0n) is 19.6. The van der Waals surface area contributed by atoms with Crippen molar-refractivity contribution >= 4 is 17.2 Å². The molecule has 174 valence electrons. The lowest BCUT2D eigenvalue weighted by Gasteiger charge is -2.39. The van der Waals surface area contributed by atoms with Crippen molar-refractivity contribution in [1.29, 1.82) is 0 Å². The molecule has 34 heavy (non-hydrogen) atoms. The first-order valence-electron chi connectivity index (χ1n) is 11.4. The molecule has 1 aromatic heterocycles. The zero-order valence-corrected chi connectivity index (χ0v) is 19.6. The Kier molecular flexibility index (Phi) is 5.79. The number of pyridine rings is 1. The Morgan fingerprint density at radius 2 is 1.85 bits per heavy atom. The van der Waals surface area contributed by atoms with E-state index in [9.17, 15) is 4.79 Å². The molecule has 0 amide bonds. The van der Waals surface area contributed by atoms with Gasteiger partial charge in [-0.2, -0.15) is 0 Å². The van der Waals surface area contributed by atoms with Gasteiger partial charge in [-0.15, -0.1) is 0 Å². The van der Waals surface area contributed by atoms with E-state index in [-0.39, 0.29) is 17.7 Å². The Hall–Kier alpha value is -3.71. The molecule has 1 fully saturated rings. The Morgan fingerprint density at radius 1 is 1.06 bits per heavy atom. The average molecular weight is 457 g/mol. The second-order valence-electron chi connectivity index (χ2n) is 8.87. The Balaban J connectivity index is 1.60. The molecule has 5 rings (SSSR count). The number of nitrogen functional groups attached to an aromatic ring is 1.